The van der Waals surface area contributed by atoms with Crippen LogP contribution in [0.15, 0.2) is 35.9 Å². The average Bonchev–Trinajstić information content (AvgIpc) is 3.27. The molecule has 0 spiro atoms. The van der Waals surface area contributed by atoms with Gasteiger partial charge in [-0.05, 0) is 44.0 Å². The highest BCUT2D eigenvalue weighted by molar-refractivity contribution is 6.43. The summed E-state index contributed by atoms with van der Waals surface area (Å²) < 4.78 is 38.0. The van der Waals surface area contributed by atoms with Crippen LogP contribution in [0.3, 0.4) is 0 Å². The summed E-state index contributed by atoms with van der Waals surface area (Å²) in [4.78, 5) is 28.9. The number of nitrogens with one attached hydrogen (secondary N) is 1. The molecular formula is C25H33BF2N4O6. The van der Waals surface area contributed by atoms with Crippen LogP contribution in [-0.4, -0.2) is 102 Å². The third kappa shape index (κ3) is 7.98. The molecule has 0 radical (unpaired) electrons. The molecule has 2 aliphatic heterocycles. The molecule has 0 saturated carbocycles. The van der Waals surface area contributed by atoms with Crippen molar-refractivity contribution < 1.29 is 37.9 Å². The van der Waals surface area contributed by atoms with Crippen molar-refractivity contribution in [2.45, 2.75) is 50.4 Å². The van der Waals surface area contributed by atoms with Gasteiger partial charge in [-0.3, -0.25) is 9.69 Å². The van der Waals surface area contributed by atoms with E-state index in [0.717, 1.165) is 0 Å². The number of likely N-dealkylation sites (tertiary alicyclic amines) is 1. The zero-order chi connectivity index (χ0) is 27.9. The second-order valence-corrected chi connectivity index (χ2v) is 9.96. The molecule has 13 heteroatoms. The molecular weight excluding hydrogens is 501 g/mol. The van der Waals surface area contributed by atoms with Crippen molar-refractivity contribution in [3.8, 4) is 6.07 Å². The number of alkyl carbamates (subject to hydrolysis) is 1. The Morgan fingerprint density at radius 2 is 1.97 bits per heavy atom. The van der Waals surface area contributed by atoms with E-state index < -0.39 is 48.6 Å². The minimum absolute atomic E-state index is 0.0110. The molecule has 10 nitrogen and oxygen atoms in total. The first kappa shape index (κ1) is 29.5. The van der Waals surface area contributed by atoms with Gasteiger partial charge in [-0.1, -0.05) is 12.1 Å². The number of carbonyl (C=O) groups is 2. The maximum absolute atomic E-state index is 14.3. The highest BCUT2D eigenvalue weighted by Crippen LogP contribution is 2.25. The molecule has 2 heterocycles. The molecule has 1 aromatic carbocycles. The maximum Gasteiger partial charge on any atom is 0.475 e. The van der Waals surface area contributed by atoms with Crippen LogP contribution in [0, 0.1) is 17.1 Å². The Morgan fingerprint density at radius 3 is 2.58 bits per heavy atom. The molecule has 206 valence electrons. The molecule has 38 heavy (non-hydrogen) atoms. The summed E-state index contributed by atoms with van der Waals surface area (Å²) in [5.74, 6) is -2.26. The molecule has 0 aromatic heterocycles. The Kier molecular flexibility index (Phi) is 10.2. The normalized spacial score (nSPS) is 21.5. The summed E-state index contributed by atoms with van der Waals surface area (Å²) in [6.07, 6.45) is -0.869. The highest BCUT2D eigenvalue weighted by Gasteiger charge is 2.39. The first-order valence-corrected chi connectivity index (χ1v) is 12.4. The summed E-state index contributed by atoms with van der Waals surface area (Å²) in [5, 5.41) is 31.3. The number of nitrogens with zero attached hydrogens (tertiary/aromatic N) is 3. The van der Waals surface area contributed by atoms with Gasteiger partial charge in [0, 0.05) is 25.0 Å². The van der Waals surface area contributed by atoms with Crippen LogP contribution < -0.4 is 5.32 Å². The van der Waals surface area contributed by atoms with Gasteiger partial charge >= 0.3 is 13.2 Å². The molecule has 3 rings (SSSR count). The van der Waals surface area contributed by atoms with Crippen LogP contribution in [-0.2, 0) is 20.7 Å². The van der Waals surface area contributed by atoms with Crippen LogP contribution in [0.2, 0.25) is 0 Å². The van der Waals surface area contributed by atoms with Gasteiger partial charge in [-0.2, -0.15) is 5.26 Å². The number of alkyl halides is 1. The first-order valence-electron chi connectivity index (χ1n) is 12.4. The van der Waals surface area contributed by atoms with Gasteiger partial charge in [0.15, 0.2) is 0 Å². The third-order valence-corrected chi connectivity index (χ3v) is 6.74. The van der Waals surface area contributed by atoms with E-state index in [1.807, 2.05) is 19.9 Å². The second kappa shape index (κ2) is 13.2. The summed E-state index contributed by atoms with van der Waals surface area (Å²) in [5.41, 5.74) is -0.197. The molecule has 2 saturated heterocycles. The second-order valence-electron chi connectivity index (χ2n) is 9.96. The molecule has 3 atom stereocenters. The van der Waals surface area contributed by atoms with E-state index >= 15 is 0 Å². The van der Waals surface area contributed by atoms with E-state index in [0.29, 0.717) is 31.9 Å². The van der Waals surface area contributed by atoms with Crippen LogP contribution in [0.5, 0.6) is 0 Å². The van der Waals surface area contributed by atoms with Crippen LogP contribution in [0.1, 0.15) is 25.8 Å². The number of halogens is 2. The van der Waals surface area contributed by atoms with Gasteiger partial charge in [0.05, 0.1) is 31.7 Å². The monoisotopic (exact) mass is 534 g/mol. The van der Waals surface area contributed by atoms with E-state index in [1.165, 1.54) is 29.2 Å². The minimum atomic E-state index is -1.93. The van der Waals surface area contributed by atoms with Gasteiger partial charge in [0.2, 0.25) is 0 Å². The smallest absolute Gasteiger partial charge is 0.447 e. The van der Waals surface area contributed by atoms with Crippen molar-refractivity contribution >= 4 is 19.1 Å². The topological polar surface area (TPSA) is 135 Å². The Bertz CT molecular complexity index is 1040. The van der Waals surface area contributed by atoms with Crippen molar-refractivity contribution in [2.24, 2.45) is 0 Å². The Hall–Kier alpha value is -3.05. The van der Waals surface area contributed by atoms with Gasteiger partial charge in [0.1, 0.15) is 30.2 Å². The Labute approximate surface area is 220 Å². The zero-order valence-corrected chi connectivity index (χ0v) is 21.5. The largest absolute Gasteiger partial charge is 0.475 e. The summed E-state index contributed by atoms with van der Waals surface area (Å²) >= 11 is 0. The molecule has 2 fully saturated rings. The van der Waals surface area contributed by atoms with E-state index in [4.69, 9.17) is 9.47 Å². The van der Waals surface area contributed by atoms with Crippen molar-refractivity contribution in [3.05, 3.63) is 47.3 Å². The fourth-order valence-electron chi connectivity index (χ4n) is 4.62. The number of ether oxygens (including phenoxy) is 2. The van der Waals surface area contributed by atoms with Gasteiger partial charge in [-0.25, -0.2) is 13.6 Å². The van der Waals surface area contributed by atoms with Gasteiger partial charge in [-0.15, -0.1) is 0 Å². The average molecular weight is 534 g/mol. The van der Waals surface area contributed by atoms with Crippen molar-refractivity contribution in [3.63, 3.8) is 0 Å². The lowest BCUT2D eigenvalue weighted by molar-refractivity contribution is -0.128. The van der Waals surface area contributed by atoms with Crippen molar-refractivity contribution in [1.82, 2.24) is 15.1 Å². The van der Waals surface area contributed by atoms with Gasteiger partial charge < -0.3 is 29.7 Å². The van der Waals surface area contributed by atoms with Crippen LogP contribution >= 0.6 is 0 Å². The lowest BCUT2D eigenvalue weighted by Gasteiger charge is -2.39. The number of morpholine rings is 1. The highest BCUT2D eigenvalue weighted by atomic mass is 19.1. The molecule has 0 unspecified atom stereocenters. The third-order valence-electron chi connectivity index (χ3n) is 6.74. The predicted molar refractivity (Wildman–Crippen MR) is 134 cm³/mol. The molecule has 0 aliphatic carbocycles. The quantitative estimate of drug-likeness (QED) is 0.243. The number of nitriles is 1. The van der Waals surface area contributed by atoms with Crippen LogP contribution in [0.4, 0.5) is 13.6 Å². The fraction of sp³-hybridized carbons (Fsp3) is 0.560. The Morgan fingerprint density at radius 1 is 1.32 bits per heavy atom. The lowest BCUT2D eigenvalue weighted by Crippen LogP contribution is -2.49. The molecule has 3 N–H and O–H groups in total. The van der Waals surface area contributed by atoms with E-state index in [2.05, 4.69) is 10.2 Å². The number of amides is 2. The maximum atomic E-state index is 14.3. The molecule has 0 bridgehead atoms. The number of hydrogen-bond donors (Lipinski definition) is 3. The number of hydrogen-bond acceptors (Lipinski definition) is 8. The Balaban J connectivity index is 1.62. The number of carbonyl (C=O) groups excluding carboxylic acids is 2. The molecule has 2 aliphatic rings. The first-order chi connectivity index (χ1) is 18.0. The van der Waals surface area contributed by atoms with E-state index in [-0.39, 0.29) is 31.6 Å². The molecule has 2 amide bonds. The van der Waals surface area contributed by atoms with Crippen LogP contribution in [0.25, 0.3) is 0 Å². The van der Waals surface area contributed by atoms with E-state index in [9.17, 15) is 33.7 Å². The SMILES string of the molecule is CC(C)(C=C(C#N)C(=O)N1C[C@@H](F)C[C@@H]1COC(=O)N[C@@H](Cc1ccc(F)cc1)B(O)O)N1CCOCC1. The standard InChI is InChI=1S/C25H33BF2N4O6/c1-25(2,31-7-9-37-10-8-31)13-18(14-29)23(33)32-15-20(28)12-21(32)16-38-24(34)30-22(26(35)36)11-17-3-5-19(27)6-4-17/h3-6,13,20-22,35-36H,7-12,15-16H2,1-2H3,(H,30,34)/t20-,21+,22-/m0/s1. The summed E-state index contributed by atoms with van der Waals surface area (Å²) in [6, 6.07) is 6.43. The predicted octanol–water partition coefficient (Wildman–Crippen LogP) is 0.975. The number of benzene rings is 1. The fourth-order valence-corrected chi connectivity index (χ4v) is 4.62. The van der Waals surface area contributed by atoms with Gasteiger partial charge in [0.25, 0.3) is 5.91 Å². The van der Waals surface area contributed by atoms with Crippen molar-refractivity contribution in [2.75, 3.05) is 39.5 Å². The summed E-state index contributed by atoms with van der Waals surface area (Å²) in [7, 11) is -1.93. The summed E-state index contributed by atoms with van der Waals surface area (Å²) in [6.45, 7) is 5.54. The zero-order valence-electron chi connectivity index (χ0n) is 21.5. The lowest BCUT2D eigenvalue weighted by atomic mass is 9.76. The van der Waals surface area contributed by atoms with E-state index in [1.54, 1.807) is 6.08 Å². The number of rotatable bonds is 9. The molecule has 1 aromatic rings. The minimum Gasteiger partial charge on any atom is -0.447 e. The van der Waals surface area contributed by atoms with Crippen molar-refractivity contribution in [1.29, 1.82) is 5.26 Å².